The lowest BCUT2D eigenvalue weighted by Crippen LogP contribution is -2.39. The molecule has 1 saturated heterocycles. The van der Waals surface area contributed by atoms with Crippen LogP contribution in [0.5, 0.6) is 0 Å². The fourth-order valence-electron chi connectivity index (χ4n) is 2.74. The zero-order chi connectivity index (χ0) is 13.8. The molecular formula is C15H22FIN2. The summed E-state index contributed by atoms with van der Waals surface area (Å²) in [6.07, 6.45) is 2.50. The lowest BCUT2D eigenvalue weighted by atomic mass is 9.90. The number of hydrogen-bond acceptors (Lipinski definition) is 2. The molecule has 1 atom stereocenters. The number of rotatable bonds is 4. The second kappa shape index (κ2) is 6.88. The smallest absolute Gasteiger partial charge is 0.124 e. The summed E-state index contributed by atoms with van der Waals surface area (Å²) in [5.74, 6) is 0.544. The van der Waals surface area contributed by atoms with E-state index in [2.05, 4.69) is 46.7 Å². The minimum Gasteiger partial charge on any atom is -0.381 e. The predicted octanol–water partition coefficient (Wildman–Crippen LogP) is 3.96. The molecule has 0 saturated carbocycles. The number of likely N-dealkylation sites (tertiary alicyclic amines) is 1. The van der Waals surface area contributed by atoms with Crippen LogP contribution in [0.2, 0.25) is 0 Å². The monoisotopic (exact) mass is 376 g/mol. The number of piperidine rings is 1. The van der Waals surface area contributed by atoms with E-state index in [1.54, 1.807) is 6.07 Å². The van der Waals surface area contributed by atoms with E-state index in [-0.39, 0.29) is 5.82 Å². The van der Waals surface area contributed by atoms with Crippen LogP contribution in [0.4, 0.5) is 10.1 Å². The van der Waals surface area contributed by atoms with E-state index in [4.69, 9.17) is 0 Å². The maximum absolute atomic E-state index is 13.1. The summed E-state index contributed by atoms with van der Waals surface area (Å²) in [7, 11) is 0. The van der Waals surface area contributed by atoms with E-state index >= 15 is 0 Å². The first-order valence-electron chi connectivity index (χ1n) is 7.04. The third-order valence-electron chi connectivity index (χ3n) is 4.10. The first-order valence-corrected chi connectivity index (χ1v) is 8.12. The minimum atomic E-state index is -0.168. The summed E-state index contributed by atoms with van der Waals surface area (Å²) in [6.45, 7) is 8.03. The molecule has 19 heavy (non-hydrogen) atoms. The molecule has 1 aromatic carbocycles. The molecule has 0 bridgehead atoms. The molecule has 1 N–H and O–H groups in total. The van der Waals surface area contributed by atoms with Crippen molar-refractivity contribution in [2.45, 2.75) is 32.7 Å². The maximum atomic E-state index is 13.1. The van der Waals surface area contributed by atoms with Gasteiger partial charge in [-0.2, -0.15) is 0 Å². The topological polar surface area (TPSA) is 15.3 Å². The number of anilines is 1. The zero-order valence-electron chi connectivity index (χ0n) is 11.6. The van der Waals surface area contributed by atoms with Crippen molar-refractivity contribution in [2.75, 3.05) is 25.0 Å². The summed E-state index contributed by atoms with van der Waals surface area (Å²) in [5, 5.41) is 3.55. The van der Waals surface area contributed by atoms with Crippen LogP contribution in [-0.2, 0) is 0 Å². The number of hydrogen-bond donors (Lipinski definition) is 1. The molecule has 1 aliphatic heterocycles. The van der Waals surface area contributed by atoms with Gasteiger partial charge in [0.1, 0.15) is 5.82 Å². The highest BCUT2D eigenvalue weighted by atomic mass is 127. The summed E-state index contributed by atoms with van der Waals surface area (Å²) in [4.78, 5) is 2.50. The Hall–Kier alpha value is -0.360. The molecule has 1 aromatic rings. The Balaban J connectivity index is 1.92. The lowest BCUT2D eigenvalue weighted by molar-refractivity contribution is 0.183. The van der Waals surface area contributed by atoms with Gasteiger partial charge in [-0.1, -0.05) is 6.92 Å². The van der Waals surface area contributed by atoms with E-state index in [9.17, 15) is 4.39 Å². The number of halogens is 2. The molecular weight excluding hydrogens is 354 g/mol. The van der Waals surface area contributed by atoms with Crippen LogP contribution in [0.3, 0.4) is 0 Å². The molecule has 2 rings (SSSR count). The van der Waals surface area contributed by atoms with Gasteiger partial charge in [0.05, 0.1) is 0 Å². The van der Waals surface area contributed by atoms with Crippen LogP contribution >= 0.6 is 22.6 Å². The Kier molecular flexibility index (Phi) is 5.45. The Morgan fingerprint density at radius 3 is 2.68 bits per heavy atom. The van der Waals surface area contributed by atoms with E-state index < -0.39 is 0 Å². The third kappa shape index (κ3) is 4.05. The van der Waals surface area contributed by atoms with Crippen LogP contribution in [0.1, 0.15) is 26.7 Å². The summed E-state index contributed by atoms with van der Waals surface area (Å²) in [5.41, 5.74) is 1.05. The van der Waals surface area contributed by atoms with Crippen molar-refractivity contribution in [3.8, 4) is 0 Å². The SMILES string of the molecule is CCN1CCC(C(C)Nc2ccc(F)cc2I)CC1. The molecule has 2 nitrogen and oxygen atoms in total. The van der Waals surface area contributed by atoms with Crippen LogP contribution in [-0.4, -0.2) is 30.6 Å². The Morgan fingerprint density at radius 1 is 1.42 bits per heavy atom. The average Bonchev–Trinajstić information content (AvgIpc) is 2.42. The predicted molar refractivity (Wildman–Crippen MR) is 87.0 cm³/mol. The molecule has 0 spiro atoms. The van der Waals surface area contributed by atoms with Crippen molar-refractivity contribution in [1.82, 2.24) is 4.90 Å². The van der Waals surface area contributed by atoms with E-state index in [0.29, 0.717) is 12.0 Å². The largest absolute Gasteiger partial charge is 0.381 e. The van der Waals surface area contributed by atoms with Crippen molar-refractivity contribution < 1.29 is 4.39 Å². The van der Waals surface area contributed by atoms with Gasteiger partial charge in [-0.05, 0) is 86.1 Å². The zero-order valence-corrected chi connectivity index (χ0v) is 13.8. The Bertz CT molecular complexity index is 417. The van der Waals surface area contributed by atoms with Gasteiger partial charge in [0.15, 0.2) is 0 Å². The highest BCUT2D eigenvalue weighted by Gasteiger charge is 2.23. The van der Waals surface area contributed by atoms with Crippen LogP contribution in [0.25, 0.3) is 0 Å². The quantitative estimate of drug-likeness (QED) is 0.801. The van der Waals surface area contributed by atoms with Gasteiger partial charge in [-0.3, -0.25) is 0 Å². The highest BCUT2D eigenvalue weighted by Crippen LogP contribution is 2.25. The van der Waals surface area contributed by atoms with Crippen LogP contribution in [0, 0.1) is 15.3 Å². The van der Waals surface area contributed by atoms with Crippen molar-refractivity contribution >= 4 is 28.3 Å². The second-order valence-electron chi connectivity index (χ2n) is 5.33. The molecule has 0 amide bonds. The molecule has 1 aliphatic rings. The van der Waals surface area contributed by atoms with Gasteiger partial charge >= 0.3 is 0 Å². The second-order valence-corrected chi connectivity index (χ2v) is 6.49. The Labute approximate surface area is 128 Å². The maximum Gasteiger partial charge on any atom is 0.124 e. The molecule has 4 heteroatoms. The average molecular weight is 376 g/mol. The van der Waals surface area contributed by atoms with Crippen molar-refractivity contribution in [3.63, 3.8) is 0 Å². The first-order chi connectivity index (χ1) is 9.10. The molecule has 0 aromatic heterocycles. The fourth-order valence-corrected chi connectivity index (χ4v) is 3.37. The number of benzene rings is 1. The number of nitrogens with zero attached hydrogens (tertiary/aromatic N) is 1. The summed E-state index contributed by atoms with van der Waals surface area (Å²) >= 11 is 2.19. The summed E-state index contributed by atoms with van der Waals surface area (Å²) < 4.78 is 14.0. The van der Waals surface area contributed by atoms with Crippen molar-refractivity contribution in [3.05, 3.63) is 27.6 Å². The standard InChI is InChI=1S/C15H22FIN2/c1-3-19-8-6-12(7-9-19)11(2)18-15-5-4-13(16)10-14(15)17/h4-5,10-12,18H,3,6-9H2,1-2H3. The van der Waals surface area contributed by atoms with Crippen LogP contribution in [0.15, 0.2) is 18.2 Å². The highest BCUT2D eigenvalue weighted by molar-refractivity contribution is 14.1. The van der Waals surface area contributed by atoms with Gasteiger partial charge in [0.25, 0.3) is 0 Å². The lowest BCUT2D eigenvalue weighted by Gasteiger charge is -2.35. The Morgan fingerprint density at radius 2 is 2.11 bits per heavy atom. The van der Waals surface area contributed by atoms with E-state index in [1.807, 2.05) is 6.07 Å². The normalized spacial score (nSPS) is 19.4. The van der Waals surface area contributed by atoms with Gasteiger partial charge in [0.2, 0.25) is 0 Å². The van der Waals surface area contributed by atoms with Crippen LogP contribution < -0.4 is 5.32 Å². The molecule has 1 heterocycles. The minimum absolute atomic E-state index is 0.168. The molecule has 106 valence electrons. The van der Waals surface area contributed by atoms with E-state index in [0.717, 1.165) is 15.8 Å². The molecule has 0 aliphatic carbocycles. The van der Waals surface area contributed by atoms with Gasteiger partial charge in [-0.15, -0.1) is 0 Å². The number of nitrogens with one attached hydrogen (secondary N) is 1. The summed E-state index contributed by atoms with van der Waals surface area (Å²) in [6, 6.07) is 5.39. The van der Waals surface area contributed by atoms with E-state index in [1.165, 1.54) is 32.0 Å². The van der Waals surface area contributed by atoms with Gasteiger partial charge in [0, 0.05) is 15.3 Å². The molecule has 1 unspecified atom stereocenters. The van der Waals surface area contributed by atoms with Gasteiger partial charge < -0.3 is 10.2 Å². The first kappa shape index (κ1) is 15.0. The third-order valence-corrected chi connectivity index (χ3v) is 4.99. The molecule has 1 fully saturated rings. The fraction of sp³-hybridized carbons (Fsp3) is 0.600. The molecule has 0 radical (unpaired) electrons. The van der Waals surface area contributed by atoms with Crippen molar-refractivity contribution in [1.29, 1.82) is 0 Å². The van der Waals surface area contributed by atoms with Gasteiger partial charge in [-0.25, -0.2) is 4.39 Å². The van der Waals surface area contributed by atoms with Crippen molar-refractivity contribution in [2.24, 2.45) is 5.92 Å².